The van der Waals surface area contributed by atoms with Gasteiger partial charge in [0.1, 0.15) is 6.10 Å². The monoisotopic (exact) mass is 303 g/mol. The van der Waals surface area contributed by atoms with E-state index in [9.17, 15) is 0 Å². The third-order valence-electron chi connectivity index (χ3n) is 4.52. The summed E-state index contributed by atoms with van der Waals surface area (Å²) in [5.74, 6) is 2.02. The molecule has 1 heterocycles. The second-order valence-electron chi connectivity index (χ2n) is 5.95. The standard InChI is InChI=1S/C18H22ClNO/c1-2-13-6-5-7-15(10-13)21-18-11-14(12-19)16-8-3-4-9-17(16)20-18/h3-4,8-9,11,13,15H,2,5-7,10,12H2,1H3. The highest BCUT2D eigenvalue weighted by Crippen LogP contribution is 2.30. The summed E-state index contributed by atoms with van der Waals surface area (Å²) in [5.41, 5.74) is 2.06. The summed E-state index contributed by atoms with van der Waals surface area (Å²) >= 11 is 6.08. The first-order valence-corrected chi connectivity index (χ1v) is 8.45. The van der Waals surface area contributed by atoms with Crippen molar-refractivity contribution < 1.29 is 4.74 Å². The zero-order valence-electron chi connectivity index (χ0n) is 12.5. The first kappa shape index (κ1) is 14.6. The van der Waals surface area contributed by atoms with Crippen LogP contribution in [0.15, 0.2) is 30.3 Å². The molecule has 2 aromatic rings. The van der Waals surface area contributed by atoms with Gasteiger partial charge in [-0.2, -0.15) is 0 Å². The van der Waals surface area contributed by atoms with Crippen molar-refractivity contribution in [3.05, 3.63) is 35.9 Å². The second kappa shape index (κ2) is 6.65. The van der Waals surface area contributed by atoms with E-state index in [1.165, 1.54) is 19.3 Å². The van der Waals surface area contributed by atoms with Crippen LogP contribution in [-0.2, 0) is 5.88 Å². The summed E-state index contributed by atoms with van der Waals surface area (Å²) in [6.45, 7) is 2.27. The molecule has 1 aliphatic rings. The van der Waals surface area contributed by atoms with Crippen LogP contribution in [0, 0.1) is 5.92 Å². The summed E-state index contributed by atoms with van der Waals surface area (Å²) in [4.78, 5) is 4.65. The number of halogens is 1. The first-order chi connectivity index (χ1) is 10.3. The largest absolute Gasteiger partial charge is 0.474 e. The number of pyridine rings is 1. The summed E-state index contributed by atoms with van der Waals surface area (Å²) in [6, 6.07) is 10.1. The fourth-order valence-corrected chi connectivity index (χ4v) is 3.50. The maximum Gasteiger partial charge on any atom is 0.214 e. The number of aromatic nitrogens is 1. The maximum absolute atomic E-state index is 6.17. The number of hydrogen-bond acceptors (Lipinski definition) is 2. The third-order valence-corrected chi connectivity index (χ3v) is 4.81. The van der Waals surface area contributed by atoms with E-state index in [0.29, 0.717) is 12.0 Å². The minimum absolute atomic E-state index is 0.306. The van der Waals surface area contributed by atoms with Crippen LogP contribution in [0.25, 0.3) is 10.9 Å². The Morgan fingerprint density at radius 1 is 1.29 bits per heavy atom. The quantitative estimate of drug-likeness (QED) is 0.713. The van der Waals surface area contributed by atoms with Gasteiger partial charge in [0.2, 0.25) is 5.88 Å². The van der Waals surface area contributed by atoms with E-state index in [2.05, 4.69) is 18.0 Å². The predicted molar refractivity (Wildman–Crippen MR) is 88.0 cm³/mol. The van der Waals surface area contributed by atoms with Crippen LogP contribution in [-0.4, -0.2) is 11.1 Å². The fraction of sp³-hybridized carbons (Fsp3) is 0.500. The van der Waals surface area contributed by atoms with E-state index in [1.54, 1.807) is 0 Å². The Labute approximate surface area is 131 Å². The van der Waals surface area contributed by atoms with Gasteiger partial charge < -0.3 is 4.74 Å². The Morgan fingerprint density at radius 3 is 2.95 bits per heavy atom. The lowest BCUT2D eigenvalue weighted by Crippen LogP contribution is -2.25. The molecule has 1 aromatic heterocycles. The van der Waals surface area contributed by atoms with E-state index >= 15 is 0 Å². The lowest BCUT2D eigenvalue weighted by molar-refractivity contribution is 0.117. The van der Waals surface area contributed by atoms with Gasteiger partial charge in [-0.05, 0) is 36.8 Å². The molecule has 0 amide bonds. The molecule has 1 saturated carbocycles. The Balaban J connectivity index is 1.83. The van der Waals surface area contributed by atoms with Crippen molar-refractivity contribution in [3.63, 3.8) is 0 Å². The summed E-state index contributed by atoms with van der Waals surface area (Å²) in [7, 11) is 0. The van der Waals surface area contributed by atoms with Crippen LogP contribution in [0.4, 0.5) is 0 Å². The predicted octanol–water partition coefficient (Wildman–Crippen LogP) is 5.32. The zero-order chi connectivity index (χ0) is 14.7. The molecule has 1 fully saturated rings. The minimum atomic E-state index is 0.306. The molecular formula is C18H22ClNO. The number of fused-ring (bicyclic) bond motifs is 1. The Hall–Kier alpha value is -1.28. The molecule has 2 atom stereocenters. The van der Waals surface area contributed by atoms with Crippen molar-refractivity contribution in [3.8, 4) is 5.88 Å². The fourth-order valence-electron chi connectivity index (χ4n) is 3.28. The van der Waals surface area contributed by atoms with Crippen molar-refractivity contribution in [2.45, 2.75) is 51.0 Å². The molecule has 3 rings (SSSR count). The lowest BCUT2D eigenvalue weighted by atomic mass is 9.85. The van der Waals surface area contributed by atoms with Crippen molar-refractivity contribution >= 4 is 22.5 Å². The van der Waals surface area contributed by atoms with Gasteiger partial charge in [0.05, 0.1) is 5.52 Å². The topological polar surface area (TPSA) is 22.1 Å². The molecule has 0 aliphatic heterocycles. The number of ether oxygens (including phenoxy) is 1. The van der Waals surface area contributed by atoms with Gasteiger partial charge in [-0.1, -0.05) is 38.0 Å². The van der Waals surface area contributed by atoms with E-state index < -0.39 is 0 Å². The Bertz CT molecular complexity index is 613. The first-order valence-electron chi connectivity index (χ1n) is 7.91. The van der Waals surface area contributed by atoms with Crippen molar-refractivity contribution in [2.24, 2.45) is 5.92 Å². The van der Waals surface area contributed by atoms with Crippen LogP contribution in [0.2, 0.25) is 0 Å². The average Bonchev–Trinajstić information content (AvgIpc) is 2.54. The van der Waals surface area contributed by atoms with Crippen LogP contribution < -0.4 is 4.74 Å². The van der Waals surface area contributed by atoms with Crippen LogP contribution in [0.3, 0.4) is 0 Å². The molecular weight excluding hydrogens is 282 g/mol. The molecule has 0 bridgehead atoms. The number of benzene rings is 1. The number of rotatable bonds is 4. The molecule has 2 unspecified atom stereocenters. The molecule has 0 radical (unpaired) electrons. The van der Waals surface area contributed by atoms with Crippen LogP contribution >= 0.6 is 11.6 Å². The van der Waals surface area contributed by atoms with Crippen molar-refractivity contribution in [1.82, 2.24) is 4.98 Å². The van der Waals surface area contributed by atoms with Crippen molar-refractivity contribution in [2.75, 3.05) is 0 Å². The Morgan fingerprint density at radius 2 is 2.14 bits per heavy atom. The van der Waals surface area contributed by atoms with Crippen molar-refractivity contribution in [1.29, 1.82) is 0 Å². The molecule has 1 aromatic carbocycles. The number of nitrogens with zero attached hydrogens (tertiary/aromatic N) is 1. The molecule has 0 N–H and O–H groups in total. The summed E-state index contributed by atoms with van der Waals surface area (Å²) < 4.78 is 6.17. The highest BCUT2D eigenvalue weighted by atomic mass is 35.5. The zero-order valence-corrected chi connectivity index (χ0v) is 13.3. The number of alkyl halides is 1. The van der Waals surface area contributed by atoms with Crippen LogP contribution in [0.5, 0.6) is 5.88 Å². The van der Waals surface area contributed by atoms with E-state index in [0.717, 1.165) is 41.1 Å². The molecule has 21 heavy (non-hydrogen) atoms. The Kier molecular flexibility index (Phi) is 4.64. The molecule has 112 valence electrons. The summed E-state index contributed by atoms with van der Waals surface area (Å²) in [5, 5.41) is 1.12. The van der Waals surface area contributed by atoms with E-state index in [-0.39, 0.29) is 0 Å². The molecule has 3 heteroatoms. The summed E-state index contributed by atoms with van der Waals surface area (Å²) in [6.07, 6.45) is 6.45. The smallest absolute Gasteiger partial charge is 0.214 e. The van der Waals surface area contributed by atoms with Crippen LogP contribution in [0.1, 0.15) is 44.6 Å². The highest BCUT2D eigenvalue weighted by molar-refractivity contribution is 6.18. The van der Waals surface area contributed by atoms with Gasteiger partial charge in [0, 0.05) is 17.3 Å². The van der Waals surface area contributed by atoms with Gasteiger partial charge in [-0.15, -0.1) is 11.6 Å². The second-order valence-corrected chi connectivity index (χ2v) is 6.22. The maximum atomic E-state index is 6.17. The molecule has 1 aliphatic carbocycles. The lowest BCUT2D eigenvalue weighted by Gasteiger charge is -2.28. The van der Waals surface area contributed by atoms with Gasteiger partial charge in [0.25, 0.3) is 0 Å². The van der Waals surface area contributed by atoms with E-state index in [4.69, 9.17) is 16.3 Å². The third kappa shape index (κ3) is 3.32. The van der Waals surface area contributed by atoms with Gasteiger partial charge in [-0.3, -0.25) is 0 Å². The minimum Gasteiger partial charge on any atom is -0.474 e. The highest BCUT2D eigenvalue weighted by Gasteiger charge is 2.22. The number of hydrogen-bond donors (Lipinski definition) is 0. The normalized spacial score (nSPS) is 22.4. The molecule has 0 spiro atoms. The van der Waals surface area contributed by atoms with Gasteiger partial charge in [0.15, 0.2) is 0 Å². The van der Waals surface area contributed by atoms with Gasteiger partial charge in [-0.25, -0.2) is 4.98 Å². The molecule has 0 saturated heterocycles. The molecule has 2 nitrogen and oxygen atoms in total. The SMILES string of the molecule is CCC1CCCC(Oc2cc(CCl)c3ccccc3n2)C1. The average molecular weight is 304 g/mol. The number of para-hydroxylation sites is 1. The van der Waals surface area contributed by atoms with Gasteiger partial charge >= 0.3 is 0 Å². The van der Waals surface area contributed by atoms with E-state index in [1.807, 2.05) is 24.3 Å².